The fraction of sp³-hybridized carbons (Fsp3) is 0.188. The third-order valence-corrected chi connectivity index (χ3v) is 3.93. The lowest BCUT2D eigenvalue weighted by Gasteiger charge is -2.09. The van der Waals surface area contributed by atoms with Gasteiger partial charge < -0.3 is 4.57 Å². The van der Waals surface area contributed by atoms with E-state index in [4.69, 9.17) is 23.2 Å². The first-order valence-corrected chi connectivity index (χ1v) is 7.45. The molecule has 0 fully saturated rings. The van der Waals surface area contributed by atoms with E-state index in [1.165, 1.54) is 6.07 Å². The molecule has 5 heteroatoms. The van der Waals surface area contributed by atoms with Crippen molar-refractivity contribution in [1.29, 1.82) is 0 Å². The molecule has 0 radical (unpaired) electrons. The van der Waals surface area contributed by atoms with E-state index in [0.29, 0.717) is 22.6 Å². The van der Waals surface area contributed by atoms with Gasteiger partial charge in [-0.1, -0.05) is 23.7 Å². The minimum Gasteiger partial charge on any atom is -0.322 e. The van der Waals surface area contributed by atoms with Gasteiger partial charge >= 0.3 is 0 Å². The number of fused-ring (bicyclic) bond motifs is 1. The van der Waals surface area contributed by atoms with Crippen molar-refractivity contribution in [1.82, 2.24) is 9.55 Å². The summed E-state index contributed by atoms with van der Waals surface area (Å²) in [5.41, 5.74) is 3.14. The number of alkyl halides is 1. The first-order chi connectivity index (χ1) is 10.1. The van der Waals surface area contributed by atoms with Gasteiger partial charge in [0.2, 0.25) is 0 Å². The molecule has 0 amide bonds. The SMILES string of the molecule is Cc1cc2c(cc1F)nc(CCl)n2Cc1cccc(Cl)c1. The molecular weight excluding hydrogens is 310 g/mol. The minimum atomic E-state index is -0.254. The zero-order valence-electron chi connectivity index (χ0n) is 11.4. The van der Waals surface area contributed by atoms with Crippen LogP contribution < -0.4 is 0 Å². The van der Waals surface area contributed by atoms with Crippen LogP contribution in [0.15, 0.2) is 36.4 Å². The van der Waals surface area contributed by atoms with Gasteiger partial charge in [-0.15, -0.1) is 11.6 Å². The van der Waals surface area contributed by atoms with Crippen LogP contribution in [0.4, 0.5) is 4.39 Å². The standard InChI is InChI=1S/C16H13Cl2FN2/c1-10-5-15-14(7-13(10)19)20-16(8-17)21(15)9-11-3-2-4-12(18)6-11/h2-7H,8-9H2,1H3. The van der Waals surface area contributed by atoms with Crippen molar-refractivity contribution >= 4 is 34.2 Å². The Bertz CT molecular complexity index is 811. The summed E-state index contributed by atoms with van der Waals surface area (Å²) in [5, 5.41) is 0.687. The van der Waals surface area contributed by atoms with E-state index in [1.807, 2.05) is 28.8 Å². The molecule has 2 nitrogen and oxygen atoms in total. The highest BCUT2D eigenvalue weighted by Gasteiger charge is 2.13. The van der Waals surface area contributed by atoms with Crippen LogP contribution in [0, 0.1) is 12.7 Å². The van der Waals surface area contributed by atoms with Crippen molar-refractivity contribution in [2.45, 2.75) is 19.3 Å². The molecule has 3 aromatic rings. The Labute approximate surface area is 132 Å². The molecule has 0 unspecified atom stereocenters. The monoisotopic (exact) mass is 322 g/mol. The summed E-state index contributed by atoms with van der Waals surface area (Å²) in [6.07, 6.45) is 0. The summed E-state index contributed by atoms with van der Waals surface area (Å²) in [7, 11) is 0. The summed E-state index contributed by atoms with van der Waals surface area (Å²) in [4.78, 5) is 4.41. The quantitative estimate of drug-likeness (QED) is 0.625. The maximum absolute atomic E-state index is 13.7. The van der Waals surface area contributed by atoms with Crippen molar-refractivity contribution in [3.05, 3.63) is 64.2 Å². The molecule has 0 aliphatic heterocycles. The molecule has 0 saturated heterocycles. The Morgan fingerprint density at radius 1 is 1.24 bits per heavy atom. The summed E-state index contributed by atoms with van der Waals surface area (Å²) in [6, 6.07) is 10.9. The topological polar surface area (TPSA) is 17.8 Å². The highest BCUT2D eigenvalue weighted by molar-refractivity contribution is 6.30. The molecule has 1 aromatic heterocycles. The van der Waals surface area contributed by atoms with Gasteiger partial charge in [-0.25, -0.2) is 9.37 Å². The van der Waals surface area contributed by atoms with Gasteiger partial charge in [0.1, 0.15) is 11.6 Å². The van der Waals surface area contributed by atoms with E-state index in [0.717, 1.165) is 16.9 Å². The predicted molar refractivity (Wildman–Crippen MR) is 84.5 cm³/mol. The lowest BCUT2D eigenvalue weighted by molar-refractivity contribution is 0.620. The zero-order valence-corrected chi connectivity index (χ0v) is 12.9. The molecule has 0 saturated carbocycles. The zero-order chi connectivity index (χ0) is 15.0. The molecule has 0 bridgehead atoms. The average Bonchev–Trinajstić information content (AvgIpc) is 2.77. The van der Waals surface area contributed by atoms with Gasteiger partial charge in [0.15, 0.2) is 0 Å². The van der Waals surface area contributed by atoms with Gasteiger partial charge in [0.25, 0.3) is 0 Å². The lowest BCUT2D eigenvalue weighted by atomic mass is 10.2. The summed E-state index contributed by atoms with van der Waals surface area (Å²) >= 11 is 12.0. The number of hydrogen-bond acceptors (Lipinski definition) is 1. The fourth-order valence-corrected chi connectivity index (χ4v) is 2.81. The normalized spacial score (nSPS) is 11.2. The van der Waals surface area contributed by atoms with Crippen molar-refractivity contribution in [3.8, 4) is 0 Å². The summed E-state index contributed by atoms with van der Waals surface area (Å²) in [5.74, 6) is 0.739. The molecule has 21 heavy (non-hydrogen) atoms. The number of halogens is 3. The molecule has 2 aromatic carbocycles. The van der Waals surface area contributed by atoms with Gasteiger partial charge in [-0.05, 0) is 36.2 Å². The van der Waals surface area contributed by atoms with Crippen LogP contribution in [0.2, 0.25) is 5.02 Å². The Morgan fingerprint density at radius 2 is 2.05 bits per heavy atom. The van der Waals surface area contributed by atoms with Crippen LogP contribution in [-0.2, 0) is 12.4 Å². The van der Waals surface area contributed by atoms with E-state index < -0.39 is 0 Å². The third-order valence-electron chi connectivity index (χ3n) is 3.46. The van der Waals surface area contributed by atoms with E-state index in [9.17, 15) is 4.39 Å². The van der Waals surface area contributed by atoms with Crippen LogP contribution in [0.3, 0.4) is 0 Å². The van der Waals surface area contributed by atoms with Crippen LogP contribution in [0.1, 0.15) is 17.0 Å². The highest BCUT2D eigenvalue weighted by atomic mass is 35.5. The second kappa shape index (κ2) is 5.66. The summed E-state index contributed by atoms with van der Waals surface area (Å²) in [6.45, 7) is 2.34. The first-order valence-electron chi connectivity index (χ1n) is 6.54. The van der Waals surface area contributed by atoms with E-state index in [-0.39, 0.29) is 11.7 Å². The number of hydrogen-bond donors (Lipinski definition) is 0. The molecule has 1 heterocycles. The second-order valence-corrected chi connectivity index (χ2v) is 5.67. The van der Waals surface area contributed by atoms with E-state index >= 15 is 0 Å². The number of aromatic nitrogens is 2. The van der Waals surface area contributed by atoms with E-state index in [1.54, 1.807) is 13.0 Å². The number of nitrogens with zero attached hydrogens (tertiary/aromatic N) is 2. The Kier molecular flexibility index (Phi) is 3.87. The predicted octanol–water partition coefficient (Wildman–Crippen LogP) is 4.92. The fourth-order valence-electron chi connectivity index (χ4n) is 2.40. The molecule has 108 valence electrons. The average molecular weight is 323 g/mol. The highest BCUT2D eigenvalue weighted by Crippen LogP contribution is 2.23. The molecule has 0 atom stereocenters. The van der Waals surface area contributed by atoms with Crippen LogP contribution >= 0.6 is 23.2 Å². The number of rotatable bonds is 3. The Balaban J connectivity index is 2.14. The minimum absolute atomic E-state index is 0.254. The Morgan fingerprint density at radius 3 is 2.76 bits per heavy atom. The van der Waals surface area contributed by atoms with Crippen LogP contribution in [-0.4, -0.2) is 9.55 Å². The van der Waals surface area contributed by atoms with Crippen molar-refractivity contribution in [3.63, 3.8) is 0 Å². The molecule has 3 rings (SSSR count). The van der Waals surface area contributed by atoms with Gasteiger partial charge in [0.05, 0.1) is 16.9 Å². The van der Waals surface area contributed by atoms with Crippen LogP contribution in [0.25, 0.3) is 11.0 Å². The smallest absolute Gasteiger partial charge is 0.128 e. The second-order valence-electron chi connectivity index (χ2n) is 4.97. The first kappa shape index (κ1) is 14.4. The number of aryl methyl sites for hydroxylation is 1. The molecule has 0 N–H and O–H groups in total. The lowest BCUT2D eigenvalue weighted by Crippen LogP contribution is -2.04. The van der Waals surface area contributed by atoms with Gasteiger partial charge in [-0.3, -0.25) is 0 Å². The molecule has 0 aliphatic carbocycles. The van der Waals surface area contributed by atoms with Gasteiger partial charge in [0, 0.05) is 17.6 Å². The maximum atomic E-state index is 13.7. The van der Waals surface area contributed by atoms with Crippen molar-refractivity contribution < 1.29 is 4.39 Å². The Hall–Kier alpha value is -1.58. The number of imidazole rings is 1. The molecule has 0 aliphatic rings. The van der Waals surface area contributed by atoms with Crippen molar-refractivity contribution in [2.75, 3.05) is 0 Å². The van der Waals surface area contributed by atoms with Gasteiger partial charge in [-0.2, -0.15) is 0 Å². The molecule has 0 spiro atoms. The third kappa shape index (κ3) is 2.76. The molecular formula is C16H13Cl2FN2. The number of benzene rings is 2. The van der Waals surface area contributed by atoms with E-state index in [2.05, 4.69) is 4.98 Å². The summed E-state index contributed by atoms with van der Waals surface area (Å²) < 4.78 is 15.7. The van der Waals surface area contributed by atoms with Crippen molar-refractivity contribution in [2.24, 2.45) is 0 Å². The maximum Gasteiger partial charge on any atom is 0.128 e. The van der Waals surface area contributed by atoms with Crippen LogP contribution in [0.5, 0.6) is 0 Å². The largest absolute Gasteiger partial charge is 0.322 e.